The number of hydrogen-bond donors (Lipinski definition) is 1. The van der Waals surface area contributed by atoms with Crippen LogP contribution in [0.5, 0.6) is 0 Å². The van der Waals surface area contributed by atoms with Crippen molar-refractivity contribution in [2.75, 3.05) is 32.8 Å². The highest BCUT2D eigenvalue weighted by atomic mass is 16.5. The van der Waals surface area contributed by atoms with Crippen LogP contribution in [0, 0.1) is 11.8 Å². The van der Waals surface area contributed by atoms with E-state index in [-0.39, 0.29) is 18.0 Å². The summed E-state index contributed by atoms with van der Waals surface area (Å²) in [6, 6.07) is 0.0558. The molecule has 0 aromatic heterocycles. The van der Waals surface area contributed by atoms with Crippen LogP contribution in [-0.4, -0.2) is 66.7 Å². The van der Waals surface area contributed by atoms with E-state index in [0.29, 0.717) is 6.04 Å². The van der Waals surface area contributed by atoms with E-state index in [9.17, 15) is 9.59 Å². The number of carbonyl (C=O) groups excluding carboxylic acids is 2. The highest BCUT2D eigenvalue weighted by Gasteiger charge is 2.38. The zero-order chi connectivity index (χ0) is 18.6. The molecule has 3 saturated heterocycles. The van der Waals surface area contributed by atoms with Gasteiger partial charge in [-0.3, -0.25) is 4.79 Å². The van der Waals surface area contributed by atoms with Crippen LogP contribution in [0.3, 0.4) is 0 Å². The number of likely N-dealkylation sites (tertiary alicyclic amines) is 2. The standard InChI is InChI=1S/C21H35N3O3/c25-20-19(8-13-24(20)18-4-2-1-3-5-18)22-21(26)23-11-6-16(7-12-23)17-9-14-27-15-10-17/h16-19H,1-15H2,(H,22,26). The second-order valence-corrected chi connectivity index (χ2v) is 8.89. The lowest BCUT2D eigenvalue weighted by atomic mass is 9.80. The minimum Gasteiger partial charge on any atom is -0.381 e. The molecule has 6 heteroatoms. The molecule has 0 aromatic carbocycles. The number of nitrogens with zero attached hydrogens (tertiary/aromatic N) is 2. The third-order valence-corrected chi connectivity index (χ3v) is 7.31. The maximum Gasteiger partial charge on any atom is 0.318 e. The molecule has 1 saturated carbocycles. The van der Waals surface area contributed by atoms with Crippen molar-refractivity contribution in [1.29, 1.82) is 0 Å². The van der Waals surface area contributed by atoms with Gasteiger partial charge in [-0.15, -0.1) is 0 Å². The molecule has 1 aliphatic carbocycles. The van der Waals surface area contributed by atoms with E-state index in [4.69, 9.17) is 4.74 Å². The minimum absolute atomic E-state index is 0.0377. The summed E-state index contributed by atoms with van der Waals surface area (Å²) in [7, 11) is 0. The summed E-state index contributed by atoms with van der Waals surface area (Å²) < 4.78 is 5.48. The van der Waals surface area contributed by atoms with Gasteiger partial charge in [0.05, 0.1) is 0 Å². The second kappa shape index (κ2) is 8.80. The fourth-order valence-electron chi connectivity index (χ4n) is 5.59. The van der Waals surface area contributed by atoms with Gasteiger partial charge in [-0.1, -0.05) is 19.3 Å². The Balaban J connectivity index is 1.23. The Labute approximate surface area is 163 Å². The fraction of sp³-hybridized carbons (Fsp3) is 0.905. The first kappa shape index (κ1) is 19.0. The third kappa shape index (κ3) is 4.41. The first-order valence-corrected chi connectivity index (χ1v) is 11.2. The average Bonchev–Trinajstić information content (AvgIpc) is 3.09. The molecule has 27 heavy (non-hydrogen) atoms. The van der Waals surface area contributed by atoms with E-state index in [0.717, 1.165) is 76.8 Å². The number of urea groups is 1. The Morgan fingerprint density at radius 3 is 2.22 bits per heavy atom. The van der Waals surface area contributed by atoms with E-state index in [1.54, 1.807) is 0 Å². The lowest BCUT2D eigenvalue weighted by molar-refractivity contribution is -0.131. The summed E-state index contributed by atoms with van der Waals surface area (Å²) in [4.78, 5) is 29.4. The molecular formula is C21H35N3O3. The monoisotopic (exact) mass is 377 g/mol. The first-order chi connectivity index (χ1) is 13.2. The van der Waals surface area contributed by atoms with Gasteiger partial charge in [0.15, 0.2) is 0 Å². The number of amides is 3. The lowest BCUT2D eigenvalue weighted by Crippen LogP contribution is -2.51. The number of carbonyl (C=O) groups is 2. The van der Waals surface area contributed by atoms with Gasteiger partial charge in [-0.2, -0.15) is 0 Å². The number of piperidine rings is 1. The van der Waals surface area contributed by atoms with Crippen LogP contribution in [-0.2, 0) is 9.53 Å². The molecule has 0 aromatic rings. The van der Waals surface area contributed by atoms with Crippen LogP contribution in [0.25, 0.3) is 0 Å². The topological polar surface area (TPSA) is 61.9 Å². The highest BCUT2D eigenvalue weighted by molar-refractivity contribution is 5.89. The van der Waals surface area contributed by atoms with Crippen LogP contribution in [0.15, 0.2) is 0 Å². The van der Waals surface area contributed by atoms with Crippen molar-refractivity contribution in [3.8, 4) is 0 Å². The van der Waals surface area contributed by atoms with Gasteiger partial charge >= 0.3 is 6.03 Å². The zero-order valence-electron chi connectivity index (χ0n) is 16.5. The van der Waals surface area contributed by atoms with Crippen molar-refractivity contribution < 1.29 is 14.3 Å². The summed E-state index contributed by atoms with van der Waals surface area (Å²) in [5.74, 6) is 1.64. The van der Waals surface area contributed by atoms with Crippen molar-refractivity contribution in [2.45, 2.75) is 76.3 Å². The highest BCUT2D eigenvalue weighted by Crippen LogP contribution is 2.32. The molecule has 1 unspecified atom stereocenters. The number of rotatable bonds is 3. The van der Waals surface area contributed by atoms with Crippen LogP contribution < -0.4 is 5.32 Å². The summed E-state index contributed by atoms with van der Waals surface area (Å²) in [5, 5.41) is 3.04. The molecule has 3 amide bonds. The molecule has 0 radical (unpaired) electrons. The van der Waals surface area contributed by atoms with Crippen LogP contribution in [0.1, 0.15) is 64.2 Å². The predicted molar refractivity (Wildman–Crippen MR) is 103 cm³/mol. The van der Waals surface area contributed by atoms with Gasteiger partial charge in [0.25, 0.3) is 0 Å². The SMILES string of the molecule is O=C(NC1CCN(C2CCCCC2)C1=O)N1CCC(C2CCOCC2)CC1. The Morgan fingerprint density at radius 1 is 0.852 bits per heavy atom. The summed E-state index contributed by atoms with van der Waals surface area (Å²) in [6.07, 6.45) is 11.3. The van der Waals surface area contributed by atoms with Gasteiger partial charge in [-0.05, 0) is 56.8 Å². The maximum atomic E-state index is 12.8. The van der Waals surface area contributed by atoms with E-state index >= 15 is 0 Å². The molecule has 4 aliphatic rings. The number of ether oxygens (including phenoxy) is 1. The van der Waals surface area contributed by atoms with Crippen molar-refractivity contribution in [3.63, 3.8) is 0 Å². The molecule has 152 valence electrons. The van der Waals surface area contributed by atoms with Crippen LogP contribution in [0.2, 0.25) is 0 Å². The molecule has 3 aliphatic heterocycles. The molecule has 4 rings (SSSR count). The molecular weight excluding hydrogens is 342 g/mol. The molecule has 1 atom stereocenters. The molecule has 6 nitrogen and oxygen atoms in total. The second-order valence-electron chi connectivity index (χ2n) is 8.89. The minimum atomic E-state index is -0.312. The molecule has 3 heterocycles. The van der Waals surface area contributed by atoms with Gasteiger partial charge in [0.2, 0.25) is 5.91 Å². The van der Waals surface area contributed by atoms with Crippen molar-refractivity contribution in [1.82, 2.24) is 15.1 Å². The predicted octanol–water partition coefficient (Wildman–Crippen LogP) is 2.77. The van der Waals surface area contributed by atoms with Gasteiger partial charge in [0.1, 0.15) is 6.04 Å². The lowest BCUT2D eigenvalue weighted by Gasteiger charge is -2.37. The quantitative estimate of drug-likeness (QED) is 0.823. The summed E-state index contributed by atoms with van der Waals surface area (Å²) in [5.41, 5.74) is 0. The Bertz CT molecular complexity index is 521. The smallest absolute Gasteiger partial charge is 0.318 e. The summed E-state index contributed by atoms with van der Waals surface area (Å²) >= 11 is 0. The molecule has 4 fully saturated rings. The van der Waals surface area contributed by atoms with Crippen LogP contribution >= 0.6 is 0 Å². The zero-order valence-corrected chi connectivity index (χ0v) is 16.5. The molecule has 0 spiro atoms. The van der Waals surface area contributed by atoms with E-state index in [2.05, 4.69) is 5.32 Å². The van der Waals surface area contributed by atoms with Gasteiger partial charge in [0, 0.05) is 38.9 Å². The third-order valence-electron chi connectivity index (χ3n) is 7.31. The maximum absolute atomic E-state index is 12.8. The molecule has 1 N–H and O–H groups in total. The Morgan fingerprint density at radius 2 is 1.52 bits per heavy atom. The average molecular weight is 378 g/mol. The summed E-state index contributed by atoms with van der Waals surface area (Å²) in [6.45, 7) is 4.24. The van der Waals surface area contributed by atoms with Crippen molar-refractivity contribution in [2.24, 2.45) is 11.8 Å². The number of hydrogen-bond acceptors (Lipinski definition) is 3. The van der Waals surface area contributed by atoms with E-state index in [1.807, 2.05) is 9.80 Å². The van der Waals surface area contributed by atoms with E-state index in [1.165, 1.54) is 32.1 Å². The Kier molecular flexibility index (Phi) is 6.21. The number of nitrogens with one attached hydrogen (secondary N) is 1. The normalized spacial score (nSPS) is 29.3. The van der Waals surface area contributed by atoms with E-state index < -0.39 is 0 Å². The Hall–Kier alpha value is -1.30. The van der Waals surface area contributed by atoms with Gasteiger partial charge < -0.3 is 19.9 Å². The van der Waals surface area contributed by atoms with Crippen molar-refractivity contribution >= 4 is 11.9 Å². The van der Waals surface area contributed by atoms with Crippen LogP contribution in [0.4, 0.5) is 4.79 Å². The first-order valence-electron chi connectivity index (χ1n) is 11.2. The molecule has 0 bridgehead atoms. The largest absolute Gasteiger partial charge is 0.381 e. The van der Waals surface area contributed by atoms with Crippen molar-refractivity contribution in [3.05, 3.63) is 0 Å². The van der Waals surface area contributed by atoms with Gasteiger partial charge in [-0.25, -0.2) is 4.79 Å². The fourth-order valence-corrected chi connectivity index (χ4v) is 5.59.